The maximum absolute atomic E-state index is 12.8. The van der Waals surface area contributed by atoms with Crippen molar-refractivity contribution in [3.8, 4) is 28.8 Å². The lowest BCUT2D eigenvalue weighted by Crippen LogP contribution is -2.23. The van der Waals surface area contributed by atoms with Crippen LogP contribution < -0.4 is 10.1 Å². The van der Waals surface area contributed by atoms with Crippen molar-refractivity contribution >= 4 is 12.0 Å². The lowest BCUT2D eigenvalue weighted by atomic mass is 10.1. The summed E-state index contributed by atoms with van der Waals surface area (Å²) in [7, 11) is 0. The van der Waals surface area contributed by atoms with Gasteiger partial charge in [0.2, 0.25) is 0 Å². The monoisotopic (exact) mass is 462 g/mol. The summed E-state index contributed by atoms with van der Waals surface area (Å²) in [6.45, 7) is 3.06. The van der Waals surface area contributed by atoms with Gasteiger partial charge in [0.1, 0.15) is 17.4 Å². The number of hydrogen-bond donors (Lipinski definition) is 1. The van der Waals surface area contributed by atoms with Gasteiger partial charge in [-0.1, -0.05) is 55.5 Å². The zero-order valence-electron chi connectivity index (χ0n) is 19.5. The van der Waals surface area contributed by atoms with Crippen LogP contribution in [0.25, 0.3) is 23.0 Å². The molecule has 0 saturated heterocycles. The van der Waals surface area contributed by atoms with Crippen LogP contribution in [-0.2, 0) is 11.3 Å². The highest BCUT2D eigenvalue weighted by molar-refractivity contribution is 6.02. The number of amides is 1. The van der Waals surface area contributed by atoms with E-state index in [-0.39, 0.29) is 5.57 Å². The van der Waals surface area contributed by atoms with Gasteiger partial charge < -0.3 is 10.1 Å². The Bertz CT molecular complexity index is 1340. The summed E-state index contributed by atoms with van der Waals surface area (Å²) in [5, 5.41) is 17.3. The number of nitrogens with zero attached hydrogens (tertiary/aromatic N) is 3. The maximum Gasteiger partial charge on any atom is 0.262 e. The highest BCUT2D eigenvalue weighted by atomic mass is 16.5. The summed E-state index contributed by atoms with van der Waals surface area (Å²) in [5.74, 6) is 0.353. The highest BCUT2D eigenvalue weighted by Crippen LogP contribution is 2.27. The summed E-state index contributed by atoms with van der Waals surface area (Å²) in [4.78, 5) is 12.8. The topological polar surface area (TPSA) is 79.9 Å². The fourth-order valence-corrected chi connectivity index (χ4v) is 3.54. The molecule has 0 aliphatic carbocycles. The SMILES string of the molecule is CCCOc1ccc(-c2nn(-c3ccccc3)cc2C=C(C#N)C(=O)NCc2ccccc2)cc1. The Hall–Kier alpha value is -4.63. The minimum absolute atomic E-state index is 0.0118. The van der Waals surface area contributed by atoms with Crippen LogP contribution in [0.15, 0.2) is 96.7 Å². The Balaban J connectivity index is 1.66. The van der Waals surface area contributed by atoms with Crippen molar-refractivity contribution in [3.05, 3.63) is 108 Å². The minimum Gasteiger partial charge on any atom is -0.494 e. The number of aromatic nitrogens is 2. The molecule has 0 atom stereocenters. The van der Waals surface area contributed by atoms with Gasteiger partial charge in [-0.05, 0) is 54.5 Å². The summed E-state index contributed by atoms with van der Waals surface area (Å²) in [6, 6.07) is 29.0. The van der Waals surface area contributed by atoms with Crippen molar-refractivity contribution in [1.82, 2.24) is 15.1 Å². The molecule has 6 nitrogen and oxygen atoms in total. The van der Waals surface area contributed by atoms with Crippen LogP contribution in [0.5, 0.6) is 5.75 Å². The van der Waals surface area contributed by atoms with Gasteiger partial charge in [0, 0.05) is 23.9 Å². The van der Waals surface area contributed by atoms with E-state index in [0.717, 1.165) is 29.0 Å². The number of benzene rings is 3. The number of nitriles is 1. The van der Waals surface area contributed by atoms with E-state index in [9.17, 15) is 10.1 Å². The number of ether oxygens (including phenoxy) is 1. The van der Waals surface area contributed by atoms with Crippen LogP contribution in [0.1, 0.15) is 24.5 Å². The number of para-hydroxylation sites is 1. The molecule has 0 aliphatic heterocycles. The summed E-state index contributed by atoms with van der Waals surface area (Å²) in [6.07, 6.45) is 4.35. The van der Waals surface area contributed by atoms with E-state index in [1.54, 1.807) is 10.8 Å². The largest absolute Gasteiger partial charge is 0.494 e. The molecule has 1 aromatic heterocycles. The van der Waals surface area contributed by atoms with E-state index in [1.165, 1.54) is 0 Å². The molecule has 6 heteroatoms. The standard InChI is InChI=1S/C29H26N4O2/c1-2-17-35-27-15-13-23(14-16-27)28-25(21-33(32-28)26-11-7-4-8-12-26)18-24(19-30)29(34)31-20-22-9-5-3-6-10-22/h3-16,18,21H,2,17,20H2,1H3,(H,31,34). The van der Waals surface area contributed by atoms with Crippen LogP contribution in [-0.4, -0.2) is 22.3 Å². The van der Waals surface area contributed by atoms with E-state index in [4.69, 9.17) is 9.84 Å². The second-order valence-corrected chi connectivity index (χ2v) is 7.92. The molecule has 0 bridgehead atoms. The van der Waals surface area contributed by atoms with Gasteiger partial charge in [-0.3, -0.25) is 4.79 Å². The Kier molecular flexibility index (Phi) is 7.72. The van der Waals surface area contributed by atoms with Gasteiger partial charge in [-0.15, -0.1) is 0 Å². The van der Waals surface area contributed by atoms with E-state index in [1.807, 2.05) is 97.2 Å². The van der Waals surface area contributed by atoms with Crippen molar-refractivity contribution < 1.29 is 9.53 Å². The third-order valence-corrected chi connectivity index (χ3v) is 5.32. The average Bonchev–Trinajstić information content (AvgIpc) is 3.34. The van der Waals surface area contributed by atoms with Crippen LogP contribution in [0.4, 0.5) is 0 Å². The summed E-state index contributed by atoms with van der Waals surface area (Å²) in [5.41, 5.74) is 4.04. The Labute approximate surface area is 205 Å². The first-order valence-electron chi connectivity index (χ1n) is 11.5. The van der Waals surface area contributed by atoms with Crippen LogP contribution in [0.2, 0.25) is 0 Å². The predicted molar refractivity (Wildman–Crippen MR) is 137 cm³/mol. The molecule has 4 aromatic rings. The Morgan fingerprint density at radius 2 is 1.71 bits per heavy atom. The van der Waals surface area contributed by atoms with Gasteiger partial charge in [-0.25, -0.2) is 4.68 Å². The van der Waals surface area contributed by atoms with Crippen LogP contribution in [0.3, 0.4) is 0 Å². The number of carbonyl (C=O) groups excluding carboxylic acids is 1. The van der Waals surface area contributed by atoms with Gasteiger partial charge in [-0.2, -0.15) is 10.4 Å². The molecule has 0 spiro atoms. The molecule has 174 valence electrons. The molecule has 1 heterocycles. The van der Waals surface area contributed by atoms with Crippen molar-refractivity contribution in [2.24, 2.45) is 0 Å². The fourth-order valence-electron chi connectivity index (χ4n) is 3.54. The van der Waals surface area contributed by atoms with Gasteiger partial charge in [0.15, 0.2) is 0 Å². The first kappa shape index (κ1) is 23.5. The quantitative estimate of drug-likeness (QED) is 0.261. The third-order valence-electron chi connectivity index (χ3n) is 5.32. The summed E-state index contributed by atoms with van der Waals surface area (Å²) >= 11 is 0. The first-order chi connectivity index (χ1) is 17.2. The number of rotatable bonds is 9. The average molecular weight is 463 g/mol. The molecule has 1 amide bonds. The molecule has 0 radical (unpaired) electrons. The number of hydrogen-bond acceptors (Lipinski definition) is 4. The van der Waals surface area contributed by atoms with E-state index >= 15 is 0 Å². The molecule has 1 N–H and O–H groups in total. The number of nitrogens with one attached hydrogen (secondary N) is 1. The van der Waals surface area contributed by atoms with Crippen molar-refractivity contribution in [3.63, 3.8) is 0 Å². The number of carbonyl (C=O) groups is 1. The normalized spacial score (nSPS) is 11.0. The third kappa shape index (κ3) is 6.04. The van der Waals surface area contributed by atoms with Gasteiger partial charge >= 0.3 is 0 Å². The maximum atomic E-state index is 12.8. The van der Waals surface area contributed by atoms with Crippen molar-refractivity contribution in [2.75, 3.05) is 6.61 Å². The second-order valence-electron chi connectivity index (χ2n) is 7.92. The Morgan fingerprint density at radius 1 is 1.03 bits per heavy atom. The Morgan fingerprint density at radius 3 is 2.37 bits per heavy atom. The molecule has 0 aliphatic rings. The van der Waals surface area contributed by atoms with Crippen LogP contribution >= 0.6 is 0 Å². The minimum atomic E-state index is -0.432. The first-order valence-corrected chi connectivity index (χ1v) is 11.5. The zero-order valence-corrected chi connectivity index (χ0v) is 19.5. The predicted octanol–water partition coefficient (Wildman–Crippen LogP) is 5.55. The molecule has 3 aromatic carbocycles. The molecular formula is C29H26N4O2. The second kappa shape index (κ2) is 11.5. The van der Waals surface area contributed by atoms with Gasteiger partial charge in [0.05, 0.1) is 18.0 Å². The van der Waals surface area contributed by atoms with E-state index in [0.29, 0.717) is 24.4 Å². The summed E-state index contributed by atoms with van der Waals surface area (Å²) < 4.78 is 7.44. The van der Waals surface area contributed by atoms with Crippen molar-refractivity contribution in [1.29, 1.82) is 5.26 Å². The van der Waals surface area contributed by atoms with E-state index in [2.05, 4.69) is 12.2 Å². The lowest BCUT2D eigenvalue weighted by molar-refractivity contribution is -0.117. The molecule has 0 unspecified atom stereocenters. The van der Waals surface area contributed by atoms with Gasteiger partial charge in [0.25, 0.3) is 5.91 Å². The van der Waals surface area contributed by atoms with Crippen molar-refractivity contribution in [2.45, 2.75) is 19.9 Å². The van der Waals surface area contributed by atoms with Crippen LogP contribution in [0, 0.1) is 11.3 Å². The zero-order chi connectivity index (χ0) is 24.5. The molecule has 35 heavy (non-hydrogen) atoms. The lowest BCUT2D eigenvalue weighted by Gasteiger charge is -2.06. The molecule has 0 fully saturated rings. The highest BCUT2D eigenvalue weighted by Gasteiger charge is 2.15. The molecular weight excluding hydrogens is 436 g/mol. The molecule has 0 saturated carbocycles. The van der Waals surface area contributed by atoms with E-state index < -0.39 is 5.91 Å². The smallest absolute Gasteiger partial charge is 0.262 e. The fraction of sp³-hybridized carbons (Fsp3) is 0.138. The molecule has 4 rings (SSSR count).